The Hall–Kier alpha value is -3.43. The average molecular weight is 505 g/mol. The third-order valence-corrected chi connectivity index (χ3v) is 6.38. The Kier molecular flexibility index (Phi) is 7.90. The summed E-state index contributed by atoms with van der Waals surface area (Å²) < 4.78 is 42.7. The standard InChI is InChI=1S/C24H25ClN2O6S/c1-31-19-11-9-18(10-12-19)26-24(28)20-13-22(32-2)23(33-3)14-21(20)27(34(4,29)30)15-16-5-7-17(25)8-6-16/h5-14H,15H2,1-4H3,(H,26,28). The molecule has 3 rings (SSSR count). The van der Waals surface area contributed by atoms with E-state index in [1.165, 1.54) is 26.4 Å². The number of hydrogen-bond acceptors (Lipinski definition) is 6. The fourth-order valence-corrected chi connectivity index (χ4v) is 4.28. The Balaban J connectivity index is 2.10. The molecule has 1 amide bonds. The number of nitrogens with one attached hydrogen (secondary N) is 1. The SMILES string of the molecule is COc1ccc(NC(=O)c2cc(OC)c(OC)cc2N(Cc2ccc(Cl)cc2)S(C)(=O)=O)cc1. The van der Waals surface area contributed by atoms with Crippen LogP contribution in [0.5, 0.6) is 17.2 Å². The number of carbonyl (C=O) groups is 1. The van der Waals surface area contributed by atoms with Crippen molar-refractivity contribution in [2.24, 2.45) is 0 Å². The van der Waals surface area contributed by atoms with Crippen LogP contribution in [0.2, 0.25) is 5.02 Å². The summed E-state index contributed by atoms with van der Waals surface area (Å²) in [7, 11) is 0.613. The Morgan fingerprint density at radius 1 is 0.912 bits per heavy atom. The lowest BCUT2D eigenvalue weighted by atomic mass is 10.1. The van der Waals surface area contributed by atoms with Crippen LogP contribution < -0.4 is 23.8 Å². The number of methoxy groups -OCH3 is 3. The number of carbonyl (C=O) groups excluding carboxylic acids is 1. The molecule has 0 radical (unpaired) electrons. The molecule has 8 nitrogen and oxygen atoms in total. The Labute approximate surface area is 204 Å². The first-order chi connectivity index (χ1) is 16.2. The molecule has 0 aromatic heterocycles. The zero-order valence-electron chi connectivity index (χ0n) is 19.2. The zero-order valence-corrected chi connectivity index (χ0v) is 20.7. The van der Waals surface area contributed by atoms with Crippen molar-refractivity contribution in [1.29, 1.82) is 0 Å². The van der Waals surface area contributed by atoms with Gasteiger partial charge in [-0.2, -0.15) is 0 Å². The van der Waals surface area contributed by atoms with Crippen LogP contribution >= 0.6 is 11.6 Å². The monoisotopic (exact) mass is 504 g/mol. The van der Waals surface area contributed by atoms with Crippen LogP contribution in [0.4, 0.5) is 11.4 Å². The summed E-state index contributed by atoms with van der Waals surface area (Å²) >= 11 is 5.97. The Morgan fingerprint density at radius 3 is 2.03 bits per heavy atom. The first-order valence-corrected chi connectivity index (χ1v) is 12.3. The lowest BCUT2D eigenvalue weighted by Gasteiger charge is -2.26. The van der Waals surface area contributed by atoms with Crippen molar-refractivity contribution in [3.63, 3.8) is 0 Å². The summed E-state index contributed by atoms with van der Waals surface area (Å²) in [6, 6.07) is 16.5. The van der Waals surface area contributed by atoms with Crippen LogP contribution in [0, 0.1) is 0 Å². The highest BCUT2D eigenvalue weighted by molar-refractivity contribution is 7.92. The van der Waals surface area contributed by atoms with Crippen LogP contribution in [0.25, 0.3) is 0 Å². The summed E-state index contributed by atoms with van der Waals surface area (Å²) in [4.78, 5) is 13.3. The van der Waals surface area contributed by atoms with Gasteiger partial charge in [0.2, 0.25) is 10.0 Å². The number of anilines is 2. The van der Waals surface area contributed by atoms with Crippen molar-refractivity contribution in [3.8, 4) is 17.2 Å². The maximum Gasteiger partial charge on any atom is 0.257 e. The molecule has 3 aromatic rings. The molecule has 0 heterocycles. The van der Waals surface area contributed by atoms with Crippen molar-refractivity contribution >= 4 is 38.9 Å². The fourth-order valence-electron chi connectivity index (χ4n) is 3.27. The van der Waals surface area contributed by atoms with Gasteiger partial charge in [0.25, 0.3) is 5.91 Å². The Bertz CT molecular complexity index is 1260. The molecule has 0 saturated heterocycles. The fraction of sp³-hybridized carbons (Fsp3) is 0.208. The van der Waals surface area contributed by atoms with Gasteiger partial charge in [-0.3, -0.25) is 9.10 Å². The van der Waals surface area contributed by atoms with Gasteiger partial charge in [0.1, 0.15) is 5.75 Å². The maximum absolute atomic E-state index is 13.3. The van der Waals surface area contributed by atoms with Gasteiger partial charge in [0, 0.05) is 16.8 Å². The molecule has 0 bridgehead atoms. The number of hydrogen-bond donors (Lipinski definition) is 1. The first kappa shape index (κ1) is 25.2. The molecular weight excluding hydrogens is 480 g/mol. The highest BCUT2D eigenvalue weighted by Gasteiger charge is 2.26. The molecule has 0 spiro atoms. The predicted octanol–water partition coefficient (Wildman–Crippen LogP) is 4.58. The number of benzene rings is 3. The van der Waals surface area contributed by atoms with Gasteiger partial charge in [0.05, 0.1) is 45.4 Å². The van der Waals surface area contributed by atoms with E-state index in [9.17, 15) is 13.2 Å². The van der Waals surface area contributed by atoms with E-state index < -0.39 is 15.9 Å². The summed E-state index contributed by atoms with van der Waals surface area (Å²) in [6.45, 7) is -0.0195. The minimum absolute atomic E-state index is 0.0195. The summed E-state index contributed by atoms with van der Waals surface area (Å²) in [5.74, 6) is 0.677. The molecule has 0 unspecified atom stereocenters. The zero-order chi connectivity index (χ0) is 24.9. The lowest BCUT2D eigenvalue weighted by molar-refractivity contribution is 0.102. The van der Waals surface area contributed by atoms with Gasteiger partial charge in [-0.15, -0.1) is 0 Å². The first-order valence-electron chi connectivity index (χ1n) is 10.1. The van der Waals surface area contributed by atoms with Gasteiger partial charge in [0.15, 0.2) is 11.5 Å². The molecule has 0 aliphatic heterocycles. The van der Waals surface area contributed by atoms with Gasteiger partial charge in [-0.1, -0.05) is 23.7 Å². The van der Waals surface area contributed by atoms with Gasteiger partial charge < -0.3 is 19.5 Å². The van der Waals surface area contributed by atoms with Crippen LogP contribution in [0.15, 0.2) is 60.7 Å². The van der Waals surface area contributed by atoms with Crippen LogP contribution in [-0.2, 0) is 16.6 Å². The van der Waals surface area contributed by atoms with E-state index in [0.717, 1.165) is 10.6 Å². The number of ether oxygens (including phenoxy) is 3. The van der Waals surface area contributed by atoms with E-state index in [0.29, 0.717) is 22.0 Å². The predicted molar refractivity (Wildman–Crippen MR) is 133 cm³/mol. The van der Waals surface area contributed by atoms with E-state index in [4.69, 9.17) is 25.8 Å². The van der Waals surface area contributed by atoms with Gasteiger partial charge >= 0.3 is 0 Å². The second-order valence-corrected chi connectivity index (χ2v) is 9.65. The number of rotatable bonds is 9. The molecule has 0 fully saturated rings. The Morgan fingerprint density at radius 2 is 1.50 bits per heavy atom. The minimum atomic E-state index is -3.80. The second kappa shape index (κ2) is 10.7. The molecule has 10 heteroatoms. The molecule has 0 aliphatic rings. The summed E-state index contributed by atoms with van der Waals surface area (Å²) in [6.07, 6.45) is 1.07. The molecule has 180 valence electrons. The normalized spacial score (nSPS) is 11.0. The van der Waals surface area contributed by atoms with Crippen LogP contribution in [-0.4, -0.2) is 41.9 Å². The average Bonchev–Trinajstić information content (AvgIpc) is 2.82. The number of halogens is 1. The van der Waals surface area contributed by atoms with E-state index in [1.54, 1.807) is 55.6 Å². The summed E-state index contributed by atoms with van der Waals surface area (Å²) in [5.41, 5.74) is 1.43. The highest BCUT2D eigenvalue weighted by atomic mass is 35.5. The van der Waals surface area contributed by atoms with E-state index >= 15 is 0 Å². The molecule has 3 aromatic carbocycles. The van der Waals surface area contributed by atoms with E-state index in [1.807, 2.05) is 0 Å². The smallest absolute Gasteiger partial charge is 0.257 e. The largest absolute Gasteiger partial charge is 0.497 e. The van der Waals surface area contributed by atoms with Crippen LogP contribution in [0.1, 0.15) is 15.9 Å². The van der Waals surface area contributed by atoms with E-state index in [2.05, 4.69) is 5.32 Å². The highest BCUT2D eigenvalue weighted by Crippen LogP contribution is 2.37. The maximum atomic E-state index is 13.3. The molecule has 0 atom stereocenters. The number of nitrogens with zero attached hydrogens (tertiary/aromatic N) is 1. The molecule has 0 aliphatic carbocycles. The van der Waals surface area contributed by atoms with Gasteiger partial charge in [-0.05, 0) is 48.0 Å². The van der Waals surface area contributed by atoms with Crippen molar-refractivity contribution in [3.05, 3.63) is 76.8 Å². The third kappa shape index (κ3) is 5.92. The number of amides is 1. The molecular formula is C24H25ClN2O6S. The van der Waals surface area contributed by atoms with Crippen molar-refractivity contribution < 1.29 is 27.4 Å². The molecule has 1 N–H and O–H groups in total. The number of sulfonamides is 1. The van der Waals surface area contributed by atoms with Crippen LogP contribution in [0.3, 0.4) is 0 Å². The minimum Gasteiger partial charge on any atom is -0.497 e. The molecule has 0 saturated carbocycles. The quantitative estimate of drug-likeness (QED) is 0.458. The second-order valence-electron chi connectivity index (χ2n) is 7.30. The summed E-state index contributed by atoms with van der Waals surface area (Å²) in [5, 5.41) is 3.31. The van der Waals surface area contributed by atoms with Crippen molar-refractivity contribution in [2.75, 3.05) is 37.2 Å². The van der Waals surface area contributed by atoms with Gasteiger partial charge in [-0.25, -0.2) is 8.42 Å². The molecule has 34 heavy (non-hydrogen) atoms. The lowest BCUT2D eigenvalue weighted by Crippen LogP contribution is -2.31. The van der Waals surface area contributed by atoms with Crippen molar-refractivity contribution in [2.45, 2.75) is 6.54 Å². The third-order valence-electron chi connectivity index (χ3n) is 5.00. The topological polar surface area (TPSA) is 94.2 Å². The van der Waals surface area contributed by atoms with Crippen molar-refractivity contribution in [1.82, 2.24) is 0 Å². The van der Waals surface area contributed by atoms with E-state index in [-0.39, 0.29) is 29.3 Å².